The lowest BCUT2D eigenvalue weighted by molar-refractivity contribution is 0.0719. The van der Waals surface area contributed by atoms with E-state index in [0.29, 0.717) is 60.6 Å². The smallest absolute Gasteiger partial charge is 0.343 e. The van der Waals surface area contributed by atoms with Gasteiger partial charge in [-0.15, -0.1) is 0 Å². The highest BCUT2D eigenvalue weighted by atomic mass is 16.6. The van der Waals surface area contributed by atoms with Gasteiger partial charge in [0.1, 0.15) is 23.0 Å². The summed E-state index contributed by atoms with van der Waals surface area (Å²) in [6.07, 6.45) is 1.46. The average molecular weight is 899 g/mol. The maximum Gasteiger partial charge on any atom is 0.343 e. The van der Waals surface area contributed by atoms with Crippen LogP contribution < -0.4 is 37.9 Å². The molecule has 0 aromatic heterocycles. The Balaban J connectivity index is 0.959. The van der Waals surface area contributed by atoms with E-state index >= 15 is 0 Å². The maximum absolute atomic E-state index is 12.9. The lowest BCUT2D eigenvalue weighted by Crippen LogP contribution is -2.12. The van der Waals surface area contributed by atoms with E-state index in [2.05, 4.69) is 0 Å². The summed E-state index contributed by atoms with van der Waals surface area (Å²) in [6, 6.07) is 35.4. The molecule has 66 heavy (non-hydrogen) atoms. The normalized spacial score (nSPS) is 11.7. The summed E-state index contributed by atoms with van der Waals surface area (Å²) in [5.41, 5.74) is 2.68. The SMILES string of the molecule is COc1cc(C(=O)Oc2ccc(C(=O)Oc3ccc(-c4ccc(OC(=O)c5ccc(OC(=O)c6ccc(OCCC(C)OC)c(OC)c6)cc5)cc4)cc3)cc2)ccc1OCCC(C)OC. The van der Waals surface area contributed by atoms with Gasteiger partial charge in [0.2, 0.25) is 0 Å². The molecule has 0 amide bonds. The number of methoxy groups -OCH3 is 4. The second-order valence-corrected chi connectivity index (χ2v) is 14.8. The van der Waals surface area contributed by atoms with E-state index in [1.54, 1.807) is 87.0 Å². The summed E-state index contributed by atoms with van der Waals surface area (Å²) in [7, 11) is 6.25. The molecule has 0 aliphatic rings. The van der Waals surface area contributed by atoms with Crippen LogP contribution in [0.1, 0.15) is 68.1 Å². The zero-order valence-electron chi connectivity index (χ0n) is 37.4. The van der Waals surface area contributed by atoms with E-state index in [4.69, 9.17) is 47.4 Å². The van der Waals surface area contributed by atoms with E-state index in [1.165, 1.54) is 74.9 Å². The van der Waals surface area contributed by atoms with Gasteiger partial charge in [0.05, 0.1) is 61.9 Å². The molecule has 0 bridgehead atoms. The largest absolute Gasteiger partial charge is 0.493 e. The topological polar surface area (TPSA) is 161 Å². The molecule has 6 aromatic rings. The number of hydrogen-bond acceptors (Lipinski definition) is 14. The molecule has 0 spiro atoms. The van der Waals surface area contributed by atoms with Crippen LogP contribution in [0.3, 0.4) is 0 Å². The molecule has 0 saturated carbocycles. The molecule has 0 N–H and O–H groups in total. The van der Waals surface area contributed by atoms with Gasteiger partial charge in [-0.1, -0.05) is 24.3 Å². The van der Waals surface area contributed by atoms with Crippen LogP contribution in [-0.2, 0) is 9.47 Å². The lowest BCUT2D eigenvalue weighted by atomic mass is 10.1. The molecule has 0 heterocycles. The van der Waals surface area contributed by atoms with Gasteiger partial charge in [0, 0.05) is 27.1 Å². The summed E-state index contributed by atoms with van der Waals surface area (Å²) >= 11 is 0. The minimum atomic E-state index is -0.611. The van der Waals surface area contributed by atoms with Gasteiger partial charge in [-0.3, -0.25) is 0 Å². The predicted molar refractivity (Wildman–Crippen MR) is 244 cm³/mol. The first-order chi connectivity index (χ1) is 32.0. The molecule has 2 unspecified atom stereocenters. The number of esters is 4. The van der Waals surface area contributed by atoms with Gasteiger partial charge in [0.15, 0.2) is 23.0 Å². The third kappa shape index (κ3) is 13.2. The molecule has 0 fully saturated rings. The van der Waals surface area contributed by atoms with Crippen LogP contribution >= 0.6 is 0 Å². The Labute approximate surface area is 382 Å². The number of ether oxygens (including phenoxy) is 10. The van der Waals surface area contributed by atoms with Crippen molar-refractivity contribution in [2.24, 2.45) is 0 Å². The molecule has 6 rings (SSSR count). The van der Waals surface area contributed by atoms with Crippen LogP contribution in [0.25, 0.3) is 11.1 Å². The summed E-state index contributed by atoms with van der Waals surface area (Å²) in [5.74, 6) is 0.463. The van der Waals surface area contributed by atoms with Crippen molar-refractivity contribution in [3.8, 4) is 57.1 Å². The third-order valence-corrected chi connectivity index (χ3v) is 10.2. The van der Waals surface area contributed by atoms with Gasteiger partial charge in [-0.25, -0.2) is 19.2 Å². The van der Waals surface area contributed by atoms with Gasteiger partial charge in [-0.05, 0) is 134 Å². The van der Waals surface area contributed by atoms with Gasteiger partial charge >= 0.3 is 23.9 Å². The Morgan fingerprint density at radius 1 is 0.379 bits per heavy atom. The molecule has 0 radical (unpaired) electrons. The highest BCUT2D eigenvalue weighted by Gasteiger charge is 2.18. The quantitative estimate of drug-likeness (QED) is 0.0496. The summed E-state index contributed by atoms with van der Waals surface area (Å²) in [6.45, 7) is 4.72. The van der Waals surface area contributed by atoms with Crippen LogP contribution in [-0.4, -0.2) is 77.7 Å². The van der Waals surface area contributed by atoms with E-state index in [-0.39, 0.29) is 46.0 Å². The van der Waals surface area contributed by atoms with Crippen LogP contribution in [0.15, 0.2) is 133 Å². The summed E-state index contributed by atoms with van der Waals surface area (Å²) < 4.78 is 55.1. The van der Waals surface area contributed by atoms with Crippen LogP contribution in [0.2, 0.25) is 0 Å². The zero-order chi connectivity index (χ0) is 47.0. The van der Waals surface area contributed by atoms with Crippen molar-refractivity contribution < 1.29 is 66.5 Å². The van der Waals surface area contributed by atoms with Crippen LogP contribution in [0.4, 0.5) is 0 Å². The molecule has 14 heteroatoms. The monoisotopic (exact) mass is 898 g/mol. The van der Waals surface area contributed by atoms with Crippen molar-refractivity contribution in [2.75, 3.05) is 41.7 Å². The first-order valence-corrected chi connectivity index (χ1v) is 20.9. The fourth-order valence-electron chi connectivity index (χ4n) is 6.15. The molecule has 342 valence electrons. The van der Waals surface area contributed by atoms with Gasteiger partial charge in [-0.2, -0.15) is 0 Å². The second-order valence-electron chi connectivity index (χ2n) is 14.8. The molecular weight excluding hydrogens is 849 g/mol. The van der Waals surface area contributed by atoms with Crippen molar-refractivity contribution in [2.45, 2.75) is 38.9 Å². The number of hydrogen-bond donors (Lipinski definition) is 0. The van der Waals surface area contributed by atoms with Gasteiger partial charge in [0.25, 0.3) is 0 Å². The third-order valence-electron chi connectivity index (χ3n) is 10.2. The standard InChI is InChI=1S/C52H50O14/c1-33(57-3)27-29-61-45-25-15-39(31-47(45)59-5)51(55)65-43-21-11-37(12-22-43)49(53)63-41-17-7-35(8-18-41)36-9-19-42(20-10-36)64-50(54)38-13-23-44(24-14-38)66-52(56)40-16-26-46(48(32-40)60-6)62-30-28-34(2)58-4/h7-26,31-34H,27-30H2,1-6H3. The first kappa shape index (κ1) is 47.8. The molecule has 14 nitrogen and oxygen atoms in total. The van der Waals surface area contributed by atoms with Crippen molar-refractivity contribution in [1.82, 2.24) is 0 Å². The Bertz CT molecular complexity index is 2390. The van der Waals surface area contributed by atoms with E-state index in [1.807, 2.05) is 13.8 Å². The fourth-order valence-corrected chi connectivity index (χ4v) is 6.15. The zero-order valence-corrected chi connectivity index (χ0v) is 37.4. The second kappa shape index (κ2) is 23.3. The van der Waals surface area contributed by atoms with E-state index < -0.39 is 23.9 Å². The van der Waals surface area contributed by atoms with Crippen molar-refractivity contribution in [3.05, 3.63) is 156 Å². The number of carbonyl (C=O) groups is 4. The maximum atomic E-state index is 12.9. The Morgan fingerprint density at radius 2 is 0.667 bits per heavy atom. The predicted octanol–water partition coefficient (Wildman–Crippen LogP) is 9.86. The van der Waals surface area contributed by atoms with Crippen molar-refractivity contribution >= 4 is 23.9 Å². The molecular formula is C52H50O14. The fraction of sp³-hybridized carbons (Fsp3) is 0.231. The molecule has 0 aliphatic heterocycles. The number of rotatable bonds is 21. The first-order valence-electron chi connectivity index (χ1n) is 20.9. The van der Waals surface area contributed by atoms with Crippen molar-refractivity contribution in [1.29, 1.82) is 0 Å². The van der Waals surface area contributed by atoms with E-state index in [0.717, 1.165) is 11.1 Å². The van der Waals surface area contributed by atoms with Crippen molar-refractivity contribution in [3.63, 3.8) is 0 Å². The minimum Gasteiger partial charge on any atom is -0.493 e. The Kier molecular flexibility index (Phi) is 16.9. The summed E-state index contributed by atoms with van der Waals surface area (Å²) in [4.78, 5) is 51.7. The molecule has 0 aliphatic carbocycles. The summed E-state index contributed by atoms with van der Waals surface area (Å²) in [5, 5.41) is 0. The molecule has 0 saturated heterocycles. The van der Waals surface area contributed by atoms with E-state index in [9.17, 15) is 19.2 Å². The average Bonchev–Trinajstić information content (AvgIpc) is 3.34. The highest BCUT2D eigenvalue weighted by molar-refractivity contribution is 5.94. The Morgan fingerprint density at radius 3 is 0.970 bits per heavy atom. The molecule has 6 aromatic carbocycles. The van der Waals surface area contributed by atoms with Crippen LogP contribution in [0, 0.1) is 0 Å². The molecule has 2 atom stereocenters. The number of benzene rings is 6. The minimum absolute atomic E-state index is 0.0424. The highest BCUT2D eigenvalue weighted by Crippen LogP contribution is 2.31. The number of carbonyl (C=O) groups excluding carboxylic acids is 4. The van der Waals surface area contributed by atoms with Crippen LogP contribution in [0.5, 0.6) is 46.0 Å². The van der Waals surface area contributed by atoms with Gasteiger partial charge < -0.3 is 47.4 Å². The lowest BCUT2D eigenvalue weighted by Gasteiger charge is -2.14. The Hall–Kier alpha value is -7.68.